The van der Waals surface area contributed by atoms with Gasteiger partial charge in [0.2, 0.25) is 0 Å². The lowest BCUT2D eigenvalue weighted by Crippen LogP contribution is -2.60. The minimum atomic E-state index is -1.78. The Morgan fingerprint density at radius 3 is 1.18 bits per heavy atom. The number of aliphatic hydroxyl groups excluding tert-OH is 10. The molecular formula is C59H88N4O27. The zero-order valence-electron chi connectivity index (χ0n) is 50.4. The van der Waals surface area contributed by atoms with Crippen molar-refractivity contribution in [1.29, 1.82) is 0 Å². The van der Waals surface area contributed by atoms with E-state index in [9.17, 15) is 90.0 Å². The Balaban J connectivity index is 0.969. The van der Waals surface area contributed by atoms with E-state index < -0.39 is 183 Å². The SMILES string of the molecule is CC(C)CC1OC(COCC2OC(COC(=O)NCCNC(=O)c3cccc(C=O)c3O)C(O)C(O)C2O)C(O)C(COCC2OC(CO)C(O)C(COCC3OC(COC(=O)NCCNC(=O)c4cccc(C=O)c4O)C(O)C(CC(C)C)C3O)C2O)C1O. The van der Waals surface area contributed by atoms with Gasteiger partial charge in [-0.1, -0.05) is 39.8 Å². The Morgan fingerprint density at radius 2 is 0.767 bits per heavy atom. The number of benzene rings is 2. The van der Waals surface area contributed by atoms with Crippen molar-refractivity contribution in [3.05, 3.63) is 58.7 Å². The first-order chi connectivity index (χ1) is 42.9. The highest BCUT2D eigenvalue weighted by Gasteiger charge is 2.50. The highest BCUT2D eigenvalue weighted by Crippen LogP contribution is 2.35. The third kappa shape index (κ3) is 19.6. The molecule has 0 aliphatic carbocycles. The molecule has 4 fully saturated rings. The van der Waals surface area contributed by atoms with E-state index in [-0.39, 0.29) is 93.3 Å². The molecule has 90 heavy (non-hydrogen) atoms. The summed E-state index contributed by atoms with van der Waals surface area (Å²) in [4.78, 5) is 72.4. The fourth-order valence-corrected chi connectivity index (χ4v) is 11.2. The van der Waals surface area contributed by atoms with E-state index in [1.165, 1.54) is 36.4 Å². The molecule has 2 aromatic rings. The van der Waals surface area contributed by atoms with Crippen LogP contribution in [0.15, 0.2) is 36.4 Å². The molecule has 0 radical (unpaired) electrons. The Kier molecular flexibility index (Phi) is 28.7. The average Bonchev–Trinajstić information content (AvgIpc) is 0.977. The second-order valence-corrected chi connectivity index (χ2v) is 23.6. The Hall–Kier alpha value is -5.82. The number of aldehydes is 2. The molecule has 4 aliphatic rings. The highest BCUT2D eigenvalue weighted by molar-refractivity contribution is 6.00. The van der Waals surface area contributed by atoms with E-state index in [1.807, 2.05) is 27.7 Å². The fourth-order valence-electron chi connectivity index (χ4n) is 11.2. The summed E-state index contributed by atoms with van der Waals surface area (Å²) in [5.41, 5.74) is -0.463. The van der Waals surface area contributed by atoms with Crippen LogP contribution in [-0.4, -0.2) is 287 Å². The number of amides is 4. The number of ether oxygens (including phenoxy) is 9. The van der Waals surface area contributed by atoms with Crippen molar-refractivity contribution in [2.24, 2.45) is 29.6 Å². The van der Waals surface area contributed by atoms with E-state index in [1.54, 1.807) is 0 Å². The van der Waals surface area contributed by atoms with Gasteiger partial charge in [0, 0.05) is 43.9 Å². The third-order valence-electron chi connectivity index (χ3n) is 16.1. The maximum absolute atomic E-state index is 12.7. The first-order valence-electron chi connectivity index (χ1n) is 29.9. The molecule has 31 heteroatoms. The van der Waals surface area contributed by atoms with Crippen molar-refractivity contribution >= 4 is 36.6 Å². The van der Waals surface area contributed by atoms with Crippen molar-refractivity contribution in [1.82, 2.24) is 21.3 Å². The molecule has 4 heterocycles. The number of phenols is 2. The van der Waals surface area contributed by atoms with E-state index in [4.69, 9.17) is 42.6 Å². The monoisotopic (exact) mass is 1280 g/mol. The van der Waals surface area contributed by atoms with Crippen molar-refractivity contribution in [3.8, 4) is 11.5 Å². The summed E-state index contributed by atoms with van der Waals surface area (Å²) < 4.78 is 52.1. The van der Waals surface area contributed by atoms with Gasteiger partial charge in [-0.15, -0.1) is 0 Å². The molecule has 20 atom stereocenters. The minimum absolute atomic E-state index is 0.000466. The molecule has 506 valence electrons. The van der Waals surface area contributed by atoms with Crippen LogP contribution in [0.1, 0.15) is 82.0 Å². The largest absolute Gasteiger partial charge is 0.506 e. The molecule has 0 saturated carbocycles. The van der Waals surface area contributed by atoms with Crippen molar-refractivity contribution < 1.29 is 133 Å². The van der Waals surface area contributed by atoms with Crippen molar-refractivity contribution in [3.63, 3.8) is 0 Å². The van der Waals surface area contributed by atoms with Gasteiger partial charge < -0.3 is 125 Å². The van der Waals surface area contributed by atoms with Gasteiger partial charge in [0.05, 0.1) is 111 Å². The first-order valence-corrected chi connectivity index (χ1v) is 29.9. The summed E-state index contributed by atoms with van der Waals surface area (Å²) in [6.07, 6.45) is -23.2. The second kappa shape index (κ2) is 35.3. The minimum Gasteiger partial charge on any atom is -0.506 e. The molecule has 20 unspecified atom stereocenters. The molecule has 16 N–H and O–H groups in total. The van der Waals surface area contributed by atoms with Gasteiger partial charge in [-0.2, -0.15) is 0 Å². The molecule has 0 spiro atoms. The quantitative estimate of drug-likeness (QED) is 0.0259. The van der Waals surface area contributed by atoms with Gasteiger partial charge in [-0.3, -0.25) is 19.2 Å². The molecule has 4 aliphatic heterocycles. The lowest BCUT2D eigenvalue weighted by molar-refractivity contribution is -0.253. The molecule has 4 saturated heterocycles. The summed E-state index contributed by atoms with van der Waals surface area (Å²) in [5, 5.41) is 141. The number of carbonyl (C=O) groups is 6. The molecule has 0 aromatic heterocycles. The number of aromatic hydroxyl groups is 2. The average molecular weight is 1290 g/mol. The topological polar surface area (TPSA) is 476 Å². The van der Waals surface area contributed by atoms with Crippen LogP contribution >= 0.6 is 0 Å². The van der Waals surface area contributed by atoms with Crippen LogP contribution in [0, 0.1) is 29.6 Å². The lowest BCUT2D eigenvalue weighted by Gasteiger charge is -2.45. The van der Waals surface area contributed by atoms with E-state index in [0.717, 1.165) is 0 Å². The number of hydrogen-bond acceptors (Lipinski definition) is 27. The van der Waals surface area contributed by atoms with Gasteiger partial charge in [0.15, 0.2) is 12.6 Å². The standard InChI is InChI=1S/C59H88N4O27/c1-28(2)15-34-47(69)39(89-43(48(34)70)26-85-58(80)62-13-11-60-56(78)32-9-5-7-30(17-64)45(32)67)22-83-21-36-50(72)38(19-66)88-41(52(36)74)23-82-20-35-49(71)37(16-29(3)4)87-40(51(35)73)24-84-25-42-53(75)55(77)54(76)44(90-42)27-86-59(81)63-14-12-61-57(79)33-10-6-8-31(18-65)46(33)68/h5-10,17-18,28-29,34-44,47-55,66-77H,11-16,19-27H2,1-4H3,(H,60,78)(H,61,79)(H,62,80)(H,63,81). The zero-order valence-corrected chi connectivity index (χ0v) is 50.4. The Bertz CT molecular complexity index is 2620. The number of hydrogen-bond donors (Lipinski definition) is 16. The zero-order chi connectivity index (χ0) is 65.9. The van der Waals surface area contributed by atoms with Crippen molar-refractivity contribution in [2.45, 2.75) is 144 Å². The van der Waals surface area contributed by atoms with E-state index in [2.05, 4.69) is 21.3 Å². The van der Waals surface area contributed by atoms with Crippen LogP contribution in [0.3, 0.4) is 0 Å². The summed E-state index contributed by atoms with van der Waals surface area (Å²) in [6, 6.07) is 8.11. The van der Waals surface area contributed by atoms with Crippen LogP contribution in [0.2, 0.25) is 0 Å². The maximum atomic E-state index is 12.7. The number of nitrogens with one attached hydrogen (secondary N) is 4. The smallest absolute Gasteiger partial charge is 0.407 e. The Morgan fingerprint density at radius 1 is 0.433 bits per heavy atom. The van der Waals surface area contributed by atoms with Crippen LogP contribution in [0.4, 0.5) is 9.59 Å². The Labute approximate surface area is 518 Å². The normalized spacial score (nSPS) is 32.0. The summed E-state index contributed by atoms with van der Waals surface area (Å²) in [6.45, 7) is 3.16. The predicted octanol–water partition coefficient (Wildman–Crippen LogP) is -3.36. The molecular weight excluding hydrogens is 1200 g/mol. The number of para-hydroxylation sites is 2. The summed E-state index contributed by atoms with van der Waals surface area (Å²) in [5.74, 6) is -5.33. The number of phenolic OH excluding ortho intramolecular Hbond substituents is 2. The second-order valence-electron chi connectivity index (χ2n) is 23.6. The first kappa shape index (κ1) is 73.2. The number of rotatable bonds is 31. The van der Waals surface area contributed by atoms with Gasteiger partial charge >= 0.3 is 12.2 Å². The predicted molar refractivity (Wildman–Crippen MR) is 308 cm³/mol. The van der Waals surface area contributed by atoms with Gasteiger partial charge in [-0.05, 0) is 48.9 Å². The molecule has 6 rings (SSSR count). The third-order valence-corrected chi connectivity index (χ3v) is 16.1. The lowest BCUT2D eigenvalue weighted by atomic mass is 9.81. The van der Waals surface area contributed by atoms with Crippen LogP contribution < -0.4 is 21.3 Å². The van der Waals surface area contributed by atoms with E-state index >= 15 is 0 Å². The van der Waals surface area contributed by atoms with Gasteiger partial charge in [0.1, 0.15) is 85.8 Å². The highest BCUT2D eigenvalue weighted by atomic mass is 16.6. The fraction of sp³-hybridized carbons (Fsp3) is 0.695. The molecule has 2 aromatic carbocycles. The van der Waals surface area contributed by atoms with Crippen molar-refractivity contribution in [2.75, 3.05) is 85.6 Å². The maximum Gasteiger partial charge on any atom is 0.407 e. The van der Waals surface area contributed by atoms with Crippen LogP contribution in [-0.2, 0) is 42.6 Å². The number of alkyl carbamates (subject to hydrolysis) is 2. The molecule has 4 amide bonds. The molecule has 0 bridgehead atoms. The van der Waals surface area contributed by atoms with E-state index in [0.29, 0.717) is 25.4 Å². The van der Waals surface area contributed by atoms with Crippen LogP contribution in [0.25, 0.3) is 0 Å². The van der Waals surface area contributed by atoms with Gasteiger partial charge in [-0.25, -0.2) is 9.59 Å². The molecule has 31 nitrogen and oxygen atoms in total. The number of carbonyl (C=O) groups excluding carboxylic acids is 6. The number of aliphatic hydroxyl groups is 10. The summed E-state index contributed by atoms with van der Waals surface area (Å²) >= 11 is 0. The summed E-state index contributed by atoms with van der Waals surface area (Å²) in [7, 11) is 0. The van der Waals surface area contributed by atoms with Crippen LogP contribution in [0.5, 0.6) is 11.5 Å². The van der Waals surface area contributed by atoms with Gasteiger partial charge in [0.25, 0.3) is 11.8 Å².